The molecule has 1 saturated heterocycles. The first-order valence-corrected chi connectivity index (χ1v) is 6.51. The Bertz CT molecular complexity index is 325. The summed E-state index contributed by atoms with van der Waals surface area (Å²) >= 11 is 0. The number of likely N-dealkylation sites (tertiary alicyclic amines) is 1. The number of aromatic nitrogens is 2. The van der Waals surface area contributed by atoms with E-state index in [0.717, 1.165) is 32.5 Å². The second kappa shape index (κ2) is 5.65. The van der Waals surface area contributed by atoms with Gasteiger partial charge in [-0.3, -0.25) is 0 Å². The first-order valence-electron chi connectivity index (χ1n) is 6.51. The van der Waals surface area contributed by atoms with Crippen LogP contribution in [-0.4, -0.2) is 45.8 Å². The number of hydrogen-bond acceptors (Lipinski definition) is 3. The third-order valence-corrected chi connectivity index (χ3v) is 3.69. The van der Waals surface area contributed by atoms with E-state index in [2.05, 4.69) is 21.4 Å². The Morgan fingerprint density at radius 1 is 1.41 bits per heavy atom. The fourth-order valence-corrected chi connectivity index (χ4v) is 2.64. The highest BCUT2D eigenvalue weighted by atomic mass is 16.3. The van der Waals surface area contributed by atoms with E-state index < -0.39 is 0 Å². The minimum atomic E-state index is 0.118. The highest BCUT2D eigenvalue weighted by Gasteiger charge is 2.29. The van der Waals surface area contributed by atoms with Gasteiger partial charge in [-0.15, -0.1) is 0 Å². The maximum absolute atomic E-state index is 9.40. The summed E-state index contributed by atoms with van der Waals surface area (Å²) in [5.41, 5.74) is 0.118. The zero-order valence-electron chi connectivity index (χ0n) is 10.7. The zero-order chi connectivity index (χ0) is 12.1. The molecule has 0 spiro atoms. The van der Waals surface area contributed by atoms with Crippen LogP contribution in [0, 0.1) is 5.41 Å². The molecule has 2 heterocycles. The van der Waals surface area contributed by atoms with Crippen molar-refractivity contribution >= 4 is 0 Å². The molecule has 4 nitrogen and oxygen atoms in total. The van der Waals surface area contributed by atoms with E-state index in [0.29, 0.717) is 6.61 Å². The van der Waals surface area contributed by atoms with Crippen molar-refractivity contribution < 1.29 is 5.11 Å². The molecule has 1 aromatic heterocycles. The number of aliphatic hydroxyl groups excluding tert-OH is 1. The molecule has 0 saturated carbocycles. The monoisotopic (exact) mass is 237 g/mol. The molecule has 17 heavy (non-hydrogen) atoms. The molecule has 1 fully saturated rings. The molecule has 1 atom stereocenters. The molecule has 4 heteroatoms. The maximum atomic E-state index is 9.40. The summed E-state index contributed by atoms with van der Waals surface area (Å²) in [4.78, 5) is 6.52. The fraction of sp³-hybridized carbons (Fsp3) is 0.769. The van der Waals surface area contributed by atoms with Crippen LogP contribution in [0.15, 0.2) is 18.7 Å². The van der Waals surface area contributed by atoms with Crippen LogP contribution < -0.4 is 0 Å². The Kier molecular flexibility index (Phi) is 4.18. The lowest BCUT2D eigenvalue weighted by Crippen LogP contribution is -2.44. The molecule has 1 N–H and O–H groups in total. The quantitative estimate of drug-likeness (QED) is 0.841. The van der Waals surface area contributed by atoms with Gasteiger partial charge >= 0.3 is 0 Å². The van der Waals surface area contributed by atoms with Crippen molar-refractivity contribution in [3.8, 4) is 0 Å². The Labute approximate surface area is 103 Å². The summed E-state index contributed by atoms with van der Waals surface area (Å²) < 4.78 is 2.12. The van der Waals surface area contributed by atoms with Crippen molar-refractivity contribution in [2.75, 3.05) is 26.2 Å². The minimum absolute atomic E-state index is 0.118. The van der Waals surface area contributed by atoms with Crippen LogP contribution >= 0.6 is 0 Å². The van der Waals surface area contributed by atoms with Crippen molar-refractivity contribution in [1.82, 2.24) is 14.5 Å². The molecular formula is C13H23N3O. The SMILES string of the molecule is CC1(CO)CCCN(CCCn2ccnc2)C1. The van der Waals surface area contributed by atoms with Gasteiger partial charge in [-0.1, -0.05) is 6.92 Å². The molecule has 2 rings (SSSR count). The van der Waals surface area contributed by atoms with E-state index in [9.17, 15) is 5.11 Å². The number of nitrogens with zero attached hydrogens (tertiary/aromatic N) is 3. The number of imidazole rings is 1. The average molecular weight is 237 g/mol. The molecule has 0 bridgehead atoms. The summed E-state index contributed by atoms with van der Waals surface area (Å²) in [6.07, 6.45) is 9.22. The average Bonchev–Trinajstić information content (AvgIpc) is 2.82. The predicted octanol–water partition coefficient (Wildman–Crippen LogP) is 1.37. The molecule has 1 aromatic rings. The van der Waals surface area contributed by atoms with Gasteiger partial charge in [-0.25, -0.2) is 4.98 Å². The summed E-state index contributed by atoms with van der Waals surface area (Å²) in [6, 6.07) is 0. The smallest absolute Gasteiger partial charge is 0.0945 e. The topological polar surface area (TPSA) is 41.3 Å². The fourth-order valence-electron chi connectivity index (χ4n) is 2.64. The zero-order valence-corrected chi connectivity index (χ0v) is 10.7. The van der Waals surface area contributed by atoms with Gasteiger partial charge in [-0.2, -0.15) is 0 Å². The Balaban J connectivity index is 1.72. The molecule has 0 aromatic carbocycles. The van der Waals surface area contributed by atoms with Crippen molar-refractivity contribution in [1.29, 1.82) is 0 Å². The summed E-state index contributed by atoms with van der Waals surface area (Å²) in [5, 5.41) is 9.40. The van der Waals surface area contributed by atoms with Crippen LogP contribution in [-0.2, 0) is 6.54 Å². The predicted molar refractivity (Wildman–Crippen MR) is 67.7 cm³/mol. The van der Waals surface area contributed by atoms with E-state index >= 15 is 0 Å². The molecule has 0 aliphatic carbocycles. The van der Waals surface area contributed by atoms with Gasteiger partial charge in [0.25, 0.3) is 0 Å². The van der Waals surface area contributed by atoms with Gasteiger partial charge in [-0.05, 0) is 32.4 Å². The molecule has 1 unspecified atom stereocenters. The third kappa shape index (κ3) is 3.54. The lowest BCUT2D eigenvalue weighted by Gasteiger charge is -2.39. The van der Waals surface area contributed by atoms with Gasteiger partial charge < -0.3 is 14.6 Å². The molecule has 1 aliphatic rings. The first-order chi connectivity index (χ1) is 8.22. The van der Waals surface area contributed by atoms with Gasteiger partial charge in [0.15, 0.2) is 0 Å². The summed E-state index contributed by atoms with van der Waals surface area (Å²) in [7, 11) is 0. The molecule has 0 radical (unpaired) electrons. The summed E-state index contributed by atoms with van der Waals surface area (Å²) in [6.45, 7) is 6.87. The van der Waals surface area contributed by atoms with Crippen LogP contribution in [0.3, 0.4) is 0 Å². The lowest BCUT2D eigenvalue weighted by atomic mass is 9.83. The van der Waals surface area contributed by atoms with Crippen molar-refractivity contribution in [3.05, 3.63) is 18.7 Å². The van der Waals surface area contributed by atoms with Gasteiger partial charge in [0.05, 0.1) is 6.33 Å². The van der Waals surface area contributed by atoms with Gasteiger partial charge in [0.2, 0.25) is 0 Å². The van der Waals surface area contributed by atoms with E-state index in [1.807, 2.05) is 18.7 Å². The third-order valence-electron chi connectivity index (χ3n) is 3.69. The van der Waals surface area contributed by atoms with E-state index in [1.54, 1.807) is 0 Å². The highest BCUT2D eigenvalue weighted by Crippen LogP contribution is 2.28. The maximum Gasteiger partial charge on any atom is 0.0945 e. The van der Waals surface area contributed by atoms with E-state index in [1.165, 1.54) is 13.0 Å². The second-order valence-electron chi connectivity index (χ2n) is 5.50. The largest absolute Gasteiger partial charge is 0.396 e. The van der Waals surface area contributed by atoms with Crippen LogP contribution in [0.4, 0.5) is 0 Å². The Hall–Kier alpha value is -0.870. The van der Waals surface area contributed by atoms with Crippen LogP contribution in [0.5, 0.6) is 0 Å². The van der Waals surface area contributed by atoms with Gasteiger partial charge in [0, 0.05) is 37.5 Å². The Morgan fingerprint density at radius 3 is 3.00 bits per heavy atom. The minimum Gasteiger partial charge on any atom is -0.396 e. The number of hydrogen-bond donors (Lipinski definition) is 1. The first kappa shape index (κ1) is 12.6. The highest BCUT2D eigenvalue weighted by molar-refractivity contribution is 4.83. The van der Waals surface area contributed by atoms with Crippen molar-refractivity contribution in [2.24, 2.45) is 5.41 Å². The lowest BCUT2D eigenvalue weighted by molar-refractivity contribution is 0.0457. The number of piperidine rings is 1. The number of aliphatic hydroxyl groups is 1. The normalized spacial score (nSPS) is 26.2. The molecule has 1 aliphatic heterocycles. The Morgan fingerprint density at radius 2 is 2.29 bits per heavy atom. The van der Waals surface area contributed by atoms with Crippen molar-refractivity contribution in [3.63, 3.8) is 0 Å². The van der Waals surface area contributed by atoms with E-state index in [4.69, 9.17) is 0 Å². The van der Waals surface area contributed by atoms with E-state index in [-0.39, 0.29) is 5.41 Å². The molecular weight excluding hydrogens is 214 g/mol. The number of aryl methyl sites for hydroxylation is 1. The van der Waals surface area contributed by atoms with Crippen LogP contribution in [0.25, 0.3) is 0 Å². The molecule has 0 amide bonds. The number of rotatable bonds is 5. The van der Waals surface area contributed by atoms with Crippen LogP contribution in [0.1, 0.15) is 26.2 Å². The van der Waals surface area contributed by atoms with Gasteiger partial charge in [0.1, 0.15) is 0 Å². The van der Waals surface area contributed by atoms with Crippen molar-refractivity contribution in [2.45, 2.75) is 32.7 Å². The standard InChI is InChI=1S/C13H23N3O/c1-13(11-17)4-2-6-15(10-13)7-3-8-16-9-5-14-12-16/h5,9,12,17H,2-4,6-8,10-11H2,1H3. The molecule has 96 valence electrons. The van der Waals surface area contributed by atoms with Crippen LogP contribution in [0.2, 0.25) is 0 Å². The second-order valence-corrected chi connectivity index (χ2v) is 5.50. The summed E-state index contributed by atoms with van der Waals surface area (Å²) in [5.74, 6) is 0.